The molecule has 0 radical (unpaired) electrons. The summed E-state index contributed by atoms with van der Waals surface area (Å²) >= 11 is 0. The van der Waals surface area contributed by atoms with Crippen LogP contribution in [0.4, 0.5) is 5.69 Å². The fourth-order valence-electron chi connectivity index (χ4n) is 1.98. The van der Waals surface area contributed by atoms with Crippen molar-refractivity contribution in [1.29, 1.82) is 0 Å². The highest BCUT2D eigenvalue weighted by Crippen LogP contribution is 2.14. The summed E-state index contributed by atoms with van der Waals surface area (Å²) < 4.78 is 4.95. The van der Waals surface area contributed by atoms with E-state index in [4.69, 9.17) is 4.74 Å². The third-order valence-electron chi connectivity index (χ3n) is 3.13. The van der Waals surface area contributed by atoms with Crippen molar-refractivity contribution >= 4 is 23.5 Å². The number of Topliss-reactive ketones (excluding diaryl/α,β-unsaturated/α-hetero) is 1. The van der Waals surface area contributed by atoms with E-state index in [1.54, 1.807) is 54.6 Å². The van der Waals surface area contributed by atoms with Gasteiger partial charge < -0.3 is 4.74 Å². The van der Waals surface area contributed by atoms with Gasteiger partial charge in [0.25, 0.3) is 5.69 Å². The molecule has 0 spiro atoms. The van der Waals surface area contributed by atoms with Gasteiger partial charge in [0.15, 0.2) is 5.78 Å². The zero-order valence-electron chi connectivity index (χ0n) is 12.8. The Bertz CT molecular complexity index is 768. The Labute approximate surface area is 138 Å². The average molecular weight is 325 g/mol. The summed E-state index contributed by atoms with van der Waals surface area (Å²) in [7, 11) is 0. The van der Waals surface area contributed by atoms with Crippen LogP contribution < -0.4 is 0 Å². The third kappa shape index (κ3) is 5.17. The molecular weight excluding hydrogens is 310 g/mol. The number of nitro benzene ring substituents is 1. The first-order valence-corrected chi connectivity index (χ1v) is 7.21. The molecule has 0 aliphatic carbocycles. The second-order valence-electron chi connectivity index (χ2n) is 4.90. The Balaban J connectivity index is 1.81. The van der Waals surface area contributed by atoms with E-state index in [1.165, 1.54) is 12.1 Å². The molecule has 2 aromatic rings. The lowest BCUT2D eigenvalue weighted by Gasteiger charge is -2.02. The van der Waals surface area contributed by atoms with E-state index in [2.05, 4.69) is 0 Å². The van der Waals surface area contributed by atoms with Crippen molar-refractivity contribution in [3.63, 3.8) is 0 Å². The molecule has 6 nitrogen and oxygen atoms in total. The number of carbonyl (C=O) groups excluding carboxylic acids is 2. The van der Waals surface area contributed by atoms with Crippen molar-refractivity contribution in [2.75, 3.05) is 6.61 Å². The normalized spacial score (nSPS) is 10.5. The van der Waals surface area contributed by atoms with Gasteiger partial charge in [-0.25, -0.2) is 0 Å². The molecule has 2 rings (SSSR count). The smallest absolute Gasteiger partial charge is 0.314 e. The number of nitro groups is 1. The van der Waals surface area contributed by atoms with Gasteiger partial charge in [0.2, 0.25) is 0 Å². The summed E-state index contributed by atoms with van der Waals surface area (Å²) in [6, 6.07) is 14.6. The number of rotatable bonds is 7. The first kappa shape index (κ1) is 17.1. The highest BCUT2D eigenvalue weighted by Gasteiger charge is 2.12. The van der Waals surface area contributed by atoms with Crippen LogP contribution in [0.1, 0.15) is 22.3 Å². The molecule has 0 amide bonds. The van der Waals surface area contributed by atoms with E-state index >= 15 is 0 Å². The van der Waals surface area contributed by atoms with Crippen molar-refractivity contribution in [2.45, 2.75) is 6.42 Å². The van der Waals surface area contributed by atoms with Gasteiger partial charge in [-0.1, -0.05) is 48.5 Å². The summed E-state index contributed by atoms with van der Waals surface area (Å²) in [5.74, 6) is -0.921. The predicted octanol–water partition coefficient (Wildman–Crippen LogP) is 3.42. The fourth-order valence-corrected chi connectivity index (χ4v) is 1.98. The van der Waals surface area contributed by atoms with Crippen molar-refractivity contribution < 1.29 is 19.2 Å². The number of hydrogen-bond acceptors (Lipinski definition) is 5. The van der Waals surface area contributed by atoms with Crippen LogP contribution in [0.2, 0.25) is 0 Å². The van der Waals surface area contributed by atoms with Crippen LogP contribution in [0, 0.1) is 10.1 Å². The van der Waals surface area contributed by atoms with Gasteiger partial charge in [0, 0.05) is 17.7 Å². The maximum Gasteiger partial charge on any atom is 0.314 e. The molecule has 0 aliphatic rings. The summed E-state index contributed by atoms with van der Waals surface area (Å²) in [6.45, 7) is -0.0103. The number of benzene rings is 2. The number of non-ortho nitro benzene ring substituents is 1. The Kier molecular flexibility index (Phi) is 5.96. The van der Waals surface area contributed by atoms with Crippen molar-refractivity contribution in [1.82, 2.24) is 0 Å². The molecule has 0 unspecified atom stereocenters. The topological polar surface area (TPSA) is 86.5 Å². The van der Waals surface area contributed by atoms with Crippen LogP contribution >= 0.6 is 0 Å². The molecule has 0 aromatic heterocycles. The lowest BCUT2D eigenvalue weighted by atomic mass is 10.1. The maximum atomic E-state index is 11.8. The number of carbonyl (C=O) groups is 2. The lowest BCUT2D eigenvalue weighted by molar-refractivity contribution is -0.384. The SMILES string of the molecule is O=C(CC(=O)c1ccccc1)OC/C=C/c1cccc([N+](=O)[O-])c1. The third-order valence-corrected chi connectivity index (χ3v) is 3.13. The Hall–Kier alpha value is -3.28. The number of nitrogens with zero attached hydrogens (tertiary/aromatic N) is 1. The van der Waals surface area contributed by atoms with Crippen LogP contribution in [0.15, 0.2) is 60.7 Å². The standard InChI is InChI=1S/C18H15NO5/c20-17(15-8-2-1-3-9-15)13-18(21)24-11-5-7-14-6-4-10-16(12-14)19(22)23/h1-10,12H,11,13H2/b7-5+. The van der Waals surface area contributed by atoms with Crippen LogP contribution in [0.3, 0.4) is 0 Å². The molecule has 2 aromatic carbocycles. The molecular formula is C18H15NO5. The first-order valence-electron chi connectivity index (χ1n) is 7.21. The summed E-state index contributed by atoms with van der Waals surface area (Å²) in [5, 5.41) is 10.7. The zero-order chi connectivity index (χ0) is 17.4. The van der Waals surface area contributed by atoms with Crippen LogP contribution in [-0.2, 0) is 9.53 Å². The largest absolute Gasteiger partial charge is 0.461 e. The van der Waals surface area contributed by atoms with Crippen LogP contribution in [0.5, 0.6) is 0 Å². The van der Waals surface area contributed by atoms with Gasteiger partial charge in [-0.15, -0.1) is 0 Å². The van der Waals surface area contributed by atoms with E-state index in [0.29, 0.717) is 11.1 Å². The molecule has 122 valence electrons. The molecule has 0 fully saturated rings. The molecule has 0 saturated carbocycles. The molecule has 0 bridgehead atoms. The second kappa shape index (κ2) is 8.38. The van der Waals surface area contributed by atoms with Crippen LogP contribution in [0.25, 0.3) is 6.08 Å². The summed E-state index contributed by atoms with van der Waals surface area (Å²) in [5.41, 5.74) is 1.07. The maximum absolute atomic E-state index is 11.8. The molecule has 0 saturated heterocycles. The molecule has 0 N–H and O–H groups in total. The van der Waals surface area contributed by atoms with Crippen molar-refractivity contribution in [2.24, 2.45) is 0 Å². The van der Waals surface area contributed by atoms with Gasteiger partial charge in [-0.05, 0) is 11.6 Å². The Morgan fingerprint density at radius 3 is 2.54 bits per heavy atom. The highest BCUT2D eigenvalue weighted by molar-refractivity contribution is 6.05. The van der Waals surface area contributed by atoms with Gasteiger partial charge >= 0.3 is 5.97 Å². The predicted molar refractivity (Wildman–Crippen MR) is 88.5 cm³/mol. The van der Waals surface area contributed by atoms with E-state index < -0.39 is 10.9 Å². The minimum absolute atomic E-state index is 0.0103. The fraction of sp³-hybridized carbons (Fsp3) is 0.111. The summed E-state index contributed by atoms with van der Waals surface area (Å²) in [4.78, 5) is 33.6. The molecule has 6 heteroatoms. The lowest BCUT2D eigenvalue weighted by Crippen LogP contribution is -2.11. The van der Waals surface area contributed by atoms with Crippen molar-refractivity contribution in [3.05, 3.63) is 81.9 Å². The zero-order valence-corrected chi connectivity index (χ0v) is 12.8. The number of ketones is 1. The van der Waals surface area contributed by atoms with Gasteiger partial charge in [0.05, 0.1) is 4.92 Å². The molecule has 0 aliphatic heterocycles. The number of ether oxygens (including phenoxy) is 1. The summed E-state index contributed by atoms with van der Waals surface area (Å²) in [6.07, 6.45) is 2.85. The van der Waals surface area contributed by atoms with Crippen LogP contribution in [-0.4, -0.2) is 23.3 Å². The van der Waals surface area contributed by atoms with E-state index in [0.717, 1.165) is 0 Å². The van der Waals surface area contributed by atoms with E-state index in [9.17, 15) is 19.7 Å². The minimum atomic E-state index is -0.618. The quantitative estimate of drug-likeness (QED) is 0.256. The Morgan fingerprint density at radius 1 is 1.08 bits per heavy atom. The monoisotopic (exact) mass is 325 g/mol. The molecule has 0 atom stereocenters. The average Bonchev–Trinajstić information content (AvgIpc) is 2.59. The highest BCUT2D eigenvalue weighted by atomic mass is 16.6. The minimum Gasteiger partial charge on any atom is -0.461 e. The van der Waals surface area contributed by atoms with Gasteiger partial charge in [-0.2, -0.15) is 0 Å². The molecule has 24 heavy (non-hydrogen) atoms. The number of esters is 1. The number of hydrogen-bond donors (Lipinski definition) is 0. The molecule has 0 heterocycles. The van der Waals surface area contributed by atoms with E-state index in [-0.39, 0.29) is 24.5 Å². The van der Waals surface area contributed by atoms with E-state index in [1.807, 2.05) is 0 Å². The first-order chi connectivity index (χ1) is 11.6. The second-order valence-corrected chi connectivity index (χ2v) is 4.90. The van der Waals surface area contributed by atoms with Gasteiger partial charge in [-0.3, -0.25) is 19.7 Å². The van der Waals surface area contributed by atoms with Crippen molar-refractivity contribution in [3.8, 4) is 0 Å². The van der Waals surface area contributed by atoms with Gasteiger partial charge in [0.1, 0.15) is 13.0 Å². The Morgan fingerprint density at radius 2 is 1.83 bits per heavy atom.